The summed E-state index contributed by atoms with van der Waals surface area (Å²) in [4.78, 5) is 15.6. The maximum absolute atomic E-state index is 13.6. The van der Waals surface area contributed by atoms with Crippen molar-refractivity contribution in [3.8, 4) is 6.07 Å². The summed E-state index contributed by atoms with van der Waals surface area (Å²) in [6, 6.07) is 8.47. The van der Waals surface area contributed by atoms with Crippen molar-refractivity contribution in [1.82, 2.24) is 4.98 Å². The molecule has 2 aromatic rings. The molecule has 2 rings (SSSR count). The molecule has 1 aromatic carbocycles. The number of rotatable bonds is 2. The first kappa shape index (κ1) is 13.0. The Kier molecular flexibility index (Phi) is 3.74. The zero-order chi connectivity index (χ0) is 13.8. The summed E-state index contributed by atoms with van der Waals surface area (Å²) in [7, 11) is 0. The minimum atomic E-state index is -0.686. The molecule has 1 amide bonds. The molecule has 6 heteroatoms. The van der Waals surface area contributed by atoms with Gasteiger partial charge < -0.3 is 5.32 Å². The van der Waals surface area contributed by atoms with Crippen molar-refractivity contribution in [1.29, 1.82) is 5.26 Å². The Bertz CT molecular complexity index is 682. The van der Waals surface area contributed by atoms with Crippen molar-refractivity contribution in [2.75, 3.05) is 5.32 Å². The van der Waals surface area contributed by atoms with E-state index in [1.54, 1.807) is 6.07 Å². The van der Waals surface area contributed by atoms with Gasteiger partial charge in [-0.25, -0.2) is 4.39 Å². The van der Waals surface area contributed by atoms with Crippen LogP contribution in [-0.4, -0.2) is 10.9 Å². The molecule has 1 heterocycles. The number of hydrogen-bond donors (Lipinski definition) is 1. The monoisotopic (exact) mass is 275 g/mol. The summed E-state index contributed by atoms with van der Waals surface area (Å²) in [5.74, 6) is -1.26. The zero-order valence-electron chi connectivity index (χ0n) is 9.52. The van der Waals surface area contributed by atoms with Crippen LogP contribution in [0.3, 0.4) is 0 Å². The Balaban J connectivity index is 2.22. The minimum Gasteiger partial charge on any atom is -0.318 e. The highest BCUT2D eigenvalue weighted by Gasteiger charge is 2.11. The largest absolute Gasteiger partial charge is 0.318 e. The topological polar surface area (TPSA) is 65.8 Å². The lowest BCUT2D eigenvalue weighted by Crippen LogP contribution is -2.14. The maximum Gasteiger partial charge on any atom is 0.274 e. The highest BCUT2D eigenvalue weighted by molar-refractivity contribution is 6.30. The van der Waals surface area contributed by atoms with E-state index in [1.165, 1.54) is 30.5 Å². The van der Waals surface area contributed by atoms with E-state index in [9.17, 15) is 9.18 Å². The van der Waals surface area contributed by atoms with Gasteiger partial charge >= 0.3 is 0 Å². The molecule has 0 aliphatic carbocycles. The maximum atomic E-state index is 13.6. The number of pyridine rings is 1. The van der Waals surface area contributed by atoms with Crippen LogP contribution in [0.25, 0.3) is 0 Å². The van der Waals surface area contributed by atoms with E-state index in [0.717, 1.165) is 6.07 Å². The van der Waals surface area contributed by atoms with Gasteiger partial charge in [-0.1, -0.05) is 11.6 Å². The highest BCUT2D eigenvalue weighted by Crippen LogP contribution is 2.17. The quantitative estimate of drug-likeness (QED) is 0.916. The van der Waals surface area contributed by atoms with Gasteiger partial charge in [-0.2, -0.15) is 5.26 Å². The molecule has 4 nitrogen and oxygen atoms in total. The first-order valence-electron chi connectivity index (χ1n) is 5.22. The summed E-state index contributed by atoms with van der Waals surface area (Å²) in [6.45, 7) is 0. The Morgan fingerprint density at radius 2 is 2.16 bits per heavy atom. The molecule has 19 heavy (non-hydrogen) atoms. The average molecular weight is 276 g/mol. The molecule has 1 N–H and O–H groups in total. The normalized spacial score (nSPS) is 9.74. The van der Waals surface area contributed by atoms with E-state index in [1.807, 2.05) is 0 Å². The molecule has 1 aromatic heterocycles. The Morgan fingerprint density at radius 3 is 2.79 bits per heavy atom. The number of halogens is 2. The van der Waals surface area contributed by atoms with Crippen LogP contribution in [0.2, 0.25) is 5.02 Å². The number of hydrogen-bond acceptors (Lipinski definition) is 3. The van der Waals surface area contributed by atoms with Gasteiger partial charge in [0.2, 0.25) is 0 Å². The molecule has 94 valence electrons. The molecule has 0 unspecified atom stereocenters. The fourth-order valence-electron chi connectivity index (χ4n) is 1.40. The van der Waals surface area contributed by atoms with Crippen molar-refractivity contribution in [2.24, 2.45) is 0 Å². The van der Waals surface area contributed by atoms with Crippen LogP contribution in [0.5, 0.6) is 0 Å². The van der Waals surface area contributed by atoms with Gasteiger partial charge in [0.1, 0.15) is 11.5 Å². The third-order valence-corrected chi connectivity index (χ3v) is 2.54. The number of carbonyl (C=O) groups is 1. The molecular weight excluding hydrogens is 269 g/mol. The van der Waals surface area contributed by atoms with Crippen LogP contribution in [0, 0.1) is 17.1 Å². The number of nitrogens with one attached hydrogen (secondary N) is 1. The van der Waals surface area contributed by atoms with E-state index in [4.69, 9.17) is 16.9 Å². The predicted octanol–water partition coefficient (Wildman–Crippen LogP) is 3.00. The number of benzene rings is 1. The summed E-state index contributed by atoms with van der Waals surface area (Å²) < 4.78 is 13.6. The van der Waals surface area contributed by atoms with E-state index in [-0.39, 0.29) is 16.9 Å². The van der Waals surface area contributed by atoms with Crippen LogP contribution in [0.15, 0.2) is 36.5 Å². The molecule has 0 aliphatic heterocycles. The van der Waals surface area contributed by atoms with Crippen LogP contribution >= 0.6 is 11.6 Å². The van der Waals surface area contributed by atoms with Gasteiger partial charge in [-0.15, -0.1) is 0 Å². The smallest absolute Gasteiger partial charge is 0.274 e. The lowest BCUT2D eigenvalue weighted by atomic mass is 10.2. The molecular formula is C13H7ClFN3O. The molecule has 0 bridgehead atoms. The van der Waals surface area contributed by atoms with Crippen molar-refractivity contribution in [3.63, 3.8) is 0 Å². The second-order valence-electron chi connectivity index (χ2n) is 3.62. The lowest BCUT2D eigenvalue weighted by Gasteiger charge is -2.06. The van der Waals surface area contributed by atoms with Crippen molar-refractivity contribution in [2.45, 2.75) is 0 Å². The van der Waals surface area contributed by atoms with Crippen LogP contribution in [-0.2, 0) is 0 Å². The fourth-order valence-corrected chi connectivity index (χ4v) is 1.56. The molecule has 0 atom stereocenters. The summed E-state index contributed by atoms with van der Waals surface area (Å²) in [5, 5.41) is 11.3. The summed E-state index contributed by atoms with van der Waals surface area (Å²) >= 11 is 5.73. The third-order valence-electron chi connectivity index (χ3n) is 2.30. The van der Waals surface area contributed by atoms with E-state index in [0.29, 0.717) is 5.02 Å². The Morgan fingerprint density at radius 1 is 1.37 bits per heavy atom. The molecule has 0 radical (unpaired) electrons. The molecule has 0 saturated carbocycles. The standard InChI is InChI=1S/C13H7ClFN3O/c14-9-3-4-17-12(6-9)13(19)18-11-2-1-8(7-16)5-10(11)15/h1-6H,(H,18,19). The number of nitrogens with zero attached hydrogens (tertiary/aromatic N) is 2. The zero-order valence-corrected chi connectivity index (χ0v) is 10.3. The predicted molar refractivity (Wildman–Crippen MR) is 68.3 cm³/mol. The van der Waals surface area contributed by atoms with Crippen LogP contribution in [0.4, 0.5) is 10.1 Å². The van der Waals surface area contributed by atoms with Gasteiger partial charge in [-0.3, -0.25) is 9.78 Å². The second kappa shape index (κ2) is 5.46. The van der Waals surface area contributed by atoms with Crippen molar-refractivity contribution < 1.29 is 9.18 Å². The van der Waals surface area contributed by atoms with Gasteiger partial charge in [-0.05, 0) is 30.3 Å². The number of nitriles is 1. The Labute approximate surface area is 113 Å². The lowest BCUT2D eigenvalue weighted by molar-refractivity contribution is 0.102. The second-order valence-corrected chi connectivity index (χ2v) is 4.06. The van der Waals surface area contributed by atoms with Crippen molar-refractivity contribution >= 4 is 23.2 Å². The van der Waals surface area contributed by atoms with Gasteiger partial charge in [0.05, 0.1) is 17.3 Å². The first-order valence-corrected chi connectivity index (χ1v) is 5.60. The van der Waals surface area contributed by atoms with E-state index in [2.05, 4.69) is 10.3 Å². The molecule has 0 saturated heterocycles. The van der Waals surface area contributed by atoms with Gasteiger partial charge in [0, 0.05) is 11.2 Å². The SMILES string of the molecule is N#Cc1ccc(NC(=O)c2cc(Cl)ccn2)c(F)c1. The number of anilines is 1. The fraction of sp³-hybridized carbons (Fsp3) is 0. The summed E-state index contributed by atoms with van der Waals surface area (Å²) in [6.07, 6.45) is 1.38. The number of amides is 1. The van der Waals surface area contributed by atoms with Gasteiger partial charge in [0.25, 0.3) is 5.91 Å². The van der Waals surface area contributed by atoms with E-state index >= 15 is 0 Å². The average Bonchev–Trinajstić information content (AvgIpc) is 2.41. The van der Waals surface area contributed by atoms with Crippen LogP contribution in [0.1, 0.15) is 16.1 Å². The minimum absolute atomic E-state index is 0.0224. The number of carbonyl (C=O) groups excluding carboxylic acids is 1. The molecule has 0 fully saturated rings. The molecule has 0 aliphatic rings. The van der Waals surface area contributed by atoms with Crippen molar-refractivity contribution in [3.05, 3.63) is 58.6 Å². The van der Waals surface area contributed by atoms with E-state index < -0.39 is 11.7 Å². The number of aromatic nitrogens is 1. The van der Waals surface area contributed by atoms with Gasteiger partial charge in [0.15, 0.2) is 0 Å². The summed E-state index contributed by atoms with van der Waals surface area (Å²) in [5.41, 5.74) is 0.235. The van der Waals surface area contributed by atoms with Crippen LogP contribution < -0.4 is 5.32 Å². The third kappa shape index (κ3) is 3.06. The highest BCUT2D eigenvalue weighted by atomic mass is 35.5. The Hall–Kier alpha value is -2.45. The molecule has 0 spiro atoms. The first-order chi connectivity index (χ1) is 9.10.